The Labute approximate surface area is 153 Å². The van der Waals surface area contributed by atoms with Crippen LogP contribution >= 0.6 is 0 Å². The first-order chi connectivity index (χ1) is 12.9. The number of aromatic nitrogens is 2. The average Bonchev–Trinajstić information content (AvgIpc) is 2.97. The largest absolute Gasteiger partial charge is 0.336 e. The van der Waals surface area contributed by atoms with Crippen LogP contribution in [0.5, 0.6) is 0 Å². The standard InChI is InChI=1S/C16H12N6O4S/c1-10-15(19-18-11-6-8-12(9-7-11)22(23)24)16-17-13-4-2-3-5-14(13)27(25,26)21(16)20-10/h2-9,17H,1H3. The topological polar surface area (TPSA) is 132 Å². The molecule has 3 aromatic rings. The van der Waals surface area contributed by atoms with Crippen molar-refractivity contribution in [2.75, 3.05) is 5.32 Å². The normalized spacial score (nSPS) is 14.4. The summed E-state index contributed by atoms with van der Waals surface area (Å²) in [7, 11) is -3.83. The van der Waals surface area contributed by atoms with Gasteiger partial charge in [-0.2, -0.15) is 18.6 Å². The number of non-ortho nitro benzene ring substituents is 1. The third kappa shape index (κ3) is 2.73. The fraction of sp³-hybridized carbons (Fsp3) is 0.0625. The Morgan fingerprint density at radius 1 is 1.11 bits per heavy atom. The maximum absolute atomic E-state index is 12.8. The number of nitro benzene ring substituents is 1. The van der Waals surface area contributed by atoms with Crippen molar-refractivity contribution in [3.63, 3.8) is 0 Å². The molecular formula is C16H12N6O4S. The number of nitrogens with one attached hydrogen (secondary N) is 1. The molecule has 2 aromatic carbocycles. The molecule has 1 aromatic heterocycles. The summed E-state index contributed by atoms with van der Waals surface area (Å²) in [5.74, 6) is 0.192. The van der Waals surface area contributed by atoms with Crippen LogP contribution in [0.15, 0.2) is 63.7 Å². The molecular weight excluding hydrogens is 372 g/mol. The number of para-hydroxylation sites is 1. The lowest BCUT2D eigenvalue weighted by molar-refractivity contribution is -0.384. The summed E-state index contributed by atoms with van der Waals surface area (Å²) >= 11 is 0. The predicted octanol–water partition coefficient (Wildman–Crippen LogP) is 3.81. The second-order valence-corrected chi connectivity index (χ2v) is 7.46. The molecule has 0 radical (unpaired) electrons. The molecule has 2 heterocycles. The van der Waals surface area contributed by atoms with E-state index < -0.39 is 14.9 Å². The van der Waals surface area contributed by atoms with Gasteiger partial charge >= 0.3 is 0 Å². The second-order valence-electron chi connectivity index (χ2n) is 5.73. The van der Waals surface area contributed by atoms with Gasteiger partial charge in [-0.05, 0) is 31.2 Å². The molecule has 1 aliphatic heterocycles. The van der Waals surface area contributed by atoms with Crippen molar-refractivity contribution in [1.29, 1.82) is 0 Å². The molecule has 4 rings (SSSR count). The van der Waals surface area contributed by atoms with E-state index in [1.54, 1.807) is 25.1 Å². The number of aryl methyl sites for hydroxylation is 1. The van der Waals surface area contributed by atoms with Gasteiger partial charge in [-0.3, -0.25) is 10.1 Å². The zero-order chi connectivity index (χ0) is 19.2. The summed E-state index contributed by atoms with van der Waals surface area (Å²) in [6.45, 7) is 1.62. The Morgan fingerprint density at radius 3 is 2.52 bits per heavy atom. The van der Waals surface area contributed by atoms with E-state index in [0.717, 1.165) is 4.09 Å². The Kier molecular flexibility index (Phi) is 3.73. The van der Waals surface area contributed by atoms with Gasteiger partial charge in [0, 0.05) is 12.1 Å². The first-order valence-electron chi connectivity index (χ1n) is 7.75. The lowest BCUT2D eigenvalue weighted by Gasteiger charge is -2.19. The van der Waals surface area contributed by atoms with Gasteiger partial charge in [0.2, 0.25) is 0 Å². The van der Waals surface area contributed by atoms with Crippen LogP contribution in [-0.2, 0) is 10.0 Å². The van der Waals surface area contributed by atoms with E-state index in [4.69, 9.17) is 0 Å². The lowest BCUT2D eigenvalue weighted by Crippen LogP contribution is -2.22. The highest BCUT2D eigenvalue weighted by Crippen LogP contribution is 2.40. The van der Waals surface area contributed by atoms with Gasteiger partial charge in [-0.1, -0.05) is 12.1 Å². The van der Waals surface area contributed by atoms with E-state index in [0.29, 0.717) is 17.1 Å². The number of nitro groups is 1. The molecule has 0 fully saturated rings. The molecule has 0 spiro atoms. The average molecular weight is 384 g/mol. The molecule has 1 aliphatic rings. The Bertz CT molecular complexity index is 1200. The molecule has 0 unspecified atom stereocenters. The first kappa shape index (κ1) is 16.8. The summed E-state index contributed by atoms with van der Waals surface area (Å²) in [6, 6.07) is 12.0. The number of nitrogens with zero attached hydrogens (tertiary/aromatic N) is 5. The van der Waals surface area contributed by atoms with E-state index in [2.05, 4.69) is 20.6 Å². The van der Waals surface area contributed by atoms with Crippen molar-refractivity contribution in [1.82, 2.24) is 9.19 Å². The summed E-state index contributed by atoms with van der Waals surface area (Å²) in [6.07, 6.45) is 0. The molecule has 0 atom stereocenters. The number of hydrogen-bond acceptors (Lipinski definition) is 8. The molecule has 0 bridgehead atoms. The van der Waals surface area contributed by atoms with E-state index in [1.807, 2.05) is 0 Å². The second kappa shape index (κ2) is 5.99. The maximum Gasteiger partial charge on any atom is 0.287 e. The van der Waals surface area contributed by atoms with Crippen LogP contribution in [0.2, 0.25) is 0 Å². The molecule has 0 amide bonds. The van der Waals surface area contributed by atoms with E-state index in [1.165, 1.54) is 30.3 Å². The van der Waals surface area contributed by atoms with Crippen molar-refractivity contribution in [2.24, 2.45) is 10.2 Å². The first-order valence-corrected chi connectivity index (χ1v) is 9.19. The zero-order valence-corrected chi connectivity index (χ0v) is 14.7. The van der Waals surface area contributed by atoms with Gasteiger partial charge in [0.05, 0.1) is 22.0 Å². The summed E-state index contributed by atoms with van der Waals surface area (Å²) in [5.41, 5.74) is 1.40. The Morgan fingerprint density at radius 2 is 1.81 bits per heavy atom. The minimum atomic E-state index is -3.83. The maximum atomic E-state index is 12.8. The van der Waals surface area contributed by atoms with Crippen LogP contribution in [0, 0.1) is 17.0 Å². The number of azo groups is 1. The van der Waals surface area contributed by atoms with E-state index >= 15 is 0 Å². The minimum absolute atomic E-state index is 0.0580. The van der Waals surface area contributed by atoms with Crippen LogP contribution < -0.4 is 5.32 Å². The molecule has 0 saturated carbocycles. The van der Waals surface area contributed by atoms with Crippen molar-refractivity contribution in [2.45, 2.75) is 11.8 Å². The number of fused-ring (bicyclic) bond motifs is 2. The SMILES string of the molecule is Cc1nn2c(c1N=Nc1ccc([N+](=O)[O-])cc1)Nc1ccccc1S2(=O)=O. The van der Waals surface area contributed by atoms with Gasteiger partial charge in [0.15, 0.2) is 11.5 Å². The molecule has 0 aliphatic carbocycles. The van der Waals surface area contributed by atoms with Gasteiger partial charge in [-0.15, -0.1) is 9.20 Å². The Hall–Kier alpha value is -3.60. The third-order valence-electron chi connectivity index (χ3n) is 3.97. The lowest BCUT2D eigenvalue weighted by atomic mass is 10.3. The fourth-order valence-electron chi connectivity index (χ4n) is 2.66. The molecule has 0 saturated heterocycles. The molecule has 11 heteroatoms. The van der Waals surface area contributed by atoms with E-state index in [-0.39, 0.29) is 22.1 Å². The van der Waals surface area contributed by atoms with Crippen molar-refractivity contribution in [3.05, 3.63) is 64.3 Å². The Balaban J connectivity index is 1.75. The number of anilines is 2. The molecule has 1 N–H and O–H groups in total. The van der Waals surface area contributed by atoms with Gasteiger partial charge in [0.25, 0.3) is 15.7 Å². The van der Waals surface area contributed by atoms with Crippen LogP contribution in [0.3, 0.4) is 0 Å². The third-order valence-corrected chi connectivity index (χ3v) is 5.60. The fourth-order valence-corrected chi connectivity index (χ4v) is 4.10. The zero-order valence-electron chi connectivity index (χ0n) is 13.9. The van der Waals surface area contributed by atoms with Crippen LogP contribution in [0.4, 0.5) is 28.6 Å². The van der Waals surface area contributed by atoms with E-state index in [9.17, 15) is 18.5 Å². The number of hydrogen-bond donors (Lipinski definition) is 1. The monoisotopic (exact) mass is 384 g/mol. The van der Waals surface area contributed by atoms with Crippen molar-refractivity contribution in [3.8, 4) is 0 Å². The summed E-state index contributed by atoms with van der Waals surface area (Å²) < 4.78 is 26.4. The highest BCUT2D eigenvalue weighted by molar-refractivity contribution is 7.90. The quantitative estimate of drug-likeness (QED) is 0.324. The molecule has 136 valence electrons. The predicted molar refractivity (Wildman–Crippen MR) is 96.5 cm³/mol. The molecule has 10 nitrogen and oxygen atoms in total. The summed E-state index contributed by atoms with van der Waals surface area (Å²) in [5, 5.41) is 25.9. The summed E-state index contributed by atoms with van der Waals surface area (Å²) in [4.78, 5) is 10.3. The van der Waals surface area contributed by atoms with Gasteiger partial charge < -0.3 is 5.32 Å². The van der Waals surface area contributed by atoms with Crippen LogP contribution in [0.1, 0.15) is 5.69 Å². The van der Waals surface area contributed by atoms with Gasteiger partial charge in [0.1, 0.15) is 4.90 Å². The highest BCUT2D eigenvalue weighted by atomic mass is 32.2. The van der Waals surface area contributed by atoms with Crippen molar-refractivity contribution < 1.29 is 13.3 Å². The smallest absolute Gasteiger partial charge is 0.287 e. The number of benzene rings is 2. The van der Waals surface area contributed by atoms with Gasteiger partial charge in [-0.25, -0.2) is 0 Å². The minimum Gasteiger partial charge on any atom is -0.336 e. The molecule has 27 heavy (non-hydrogen) atoms. The van der Waals surface area contributed by atoms with Crippen LogP contribution in [-0.4, -0.2) is 22.5 Å². The van der Waals surface area contributed by atoms with Crippen molar-refractivity contribution >= 4 is 38.6 Å². The highest BCUT2D eigenvalue weighted by Gasteiger charge is 2.33. The number of rotatable bonds is 3. The van der Waals surface area contributed by atoms with Crippen LogP contribution in [0.25, 0.3) is 0 Å².